The van der Waals surface area contributed by atoms with Crippen LogP contribution in [0, 0.1) is 0 Å². The fraction of sp³-hybridized carbons (Fsp3) is 0.333. The van der Waals surface area contributed by atoms with Crippen molar-refractivity contribution in [1.29, 1.82) is 0 Å². The van der Waals surface area contributed by atoms with E-state index in [0.29, 0.717) is 6.61 Å². The van der Waals surface area contributed by atoms with Crippen molar-refractivity contribution in [1.82, 2.24) is 0 Å². The summed E-state index contributed by atoms with van der Waals surface area (Å²) >= 11 is 0. The summed E-state index contributed by atoms with van der Waals surface area (Å²) in [6.45, 7) is 9.45. The number of hydrogen-bond acceptors (Lipinski definition) is 1. The number of hydrogen-bond donors (Lipinski definition) is 0. The minimum atomic E-state index is 0.137. The minimum absolute atomic E-state index is 0.137. The van der Waals surface area contributed by atoms with Crippen molar-refractivity contribution in [2.45, 2.75) is 33.1 Å². The van der Waals surface area contributed by atoms with E-state index in [1.54, 1.807) is 0 Å². The van der Waals surface area contributed by atoms with E-state index in [0.717, 1.165) is 5.75 Å². The van der Waals surface area contributed by atoms with Crippen LogP contribution in [-0.2, 0) is 5.41 Å². The Labute approximate surface area is 116 Å². The van der Waals surface area contributed by atoms with Crippen LogP contribution >= 0.6 is 0 Å². The fourth-order valence-electron chi connectivity index (χ4n) is 2.31. The van der Waals surface area contributed by atoms with E-state index in [1.165, 1.54) is 16.7 Å². The Kier molecular flexibility index (Phi) is 3.94. The molecular weight excluding hydrogens is 232 g/mol. The van der Waals surface area contributed by atoms with E-state index in [1.807, 2.05) is 13.0 Å². The Morgan fingerprint density at radius 1 is 0.947 bits per heavy atom. The summed E-state index contributed by atoms with van der Waals surface area (Å²) in [5.74, 6) is 0.934. The molecule has 19 heavy (non-hydrogen) atoms. The van der Waals surface area contributed by atoms with Crippen molar-refractivity contribution in [3.8, 4) is 16.9 Å². The molecule has 0 spiro atoms. The molecule has 100 valence electrons. The highest BCUT2D eigenvalue weighted by atomic mass is 16.5. The molecule has 0 unspecified atom stereocenters. The molecule has 1 nitrogen and oxygen atoms in total. The van der Waals surface area contributed by atoms with E-state index >= 15 is 0 Å². The minimum Gasteiger partial charge on any atom is -0.494 e. The Morgan fingerprint density at radius 2 is 1.68 bits per heavy atom. The Morgan fingerprint density at radius 3 is 2.37 bits per heavy atom. The summed E-state index contributed by atoms with van der Waals surface area (Å²) in [6.07, 6.45) is 0. The van der Waals surface area contributed by atoms with Gasteiger partial charge in [-0.25, -0.2) is 0 Å². The average Bonchev–Trinajstić information content (AvgIpc) is 2.38. The monoisotopic (exact) mass is 254 g/mol. The highest BCUT2D eigenvalue weighted by Gasteiger charge is 2.18. The maximum Gasteiger partial charge on any atom is 0.119 e. The molecule has 0 aliphatic rings. The SMILES string of the molecule is CCOc1cccc(-c2ccccc2C(C)(C)C)c1. The van der Waals surface area contributed by atoms with Crippen LogP contribution in [0.2, 0.25) is 0 Å². The Balaban J connectivity index is 2.50. The largest absolute Gasteiger partial charge is 0.494 e. The summed E-state index contributed by atoms with van der Waals surface area (Å²) in [6, 6.07) is 16.9. The van der Waals surface area contributed by atoms with Gasteiger partial charge in [-0.05, 0) is 41.2 Å². The quantitative estimate of drug-likeness (QED) is 0.744. The van der Waals surface area contributed by atoms with Gasteiger partial charge in [-0.3, -0.25) is 0 Å². The molecule has 0 aliphatic carbocycles. The second kappa shape index (κ2) is 5.48. The van der Waals surface area contributed by atoms with Crippen LogP contribution in [0.5, 0.6) is 5.75 Å². The average molecular weight is 254 g/mol. The lowest BCUT2D eigenvalue weighted by Crippen LogP contribution is -2.12. The molecule has 2 aromatic carbocycles. The molecule has 0 amide bonds. The first-order valence-corrected chi connectivity index (χ1v) is 6.85. The second-order valence-corrected chi connectivity index (χ2v) is 5.76. The summed E-state index contributed by atoms with van der Waals surface area (Å²) in [4.78, 5) is 0. The van der Waals surface area contributed by atoms with Gasteiger partial charge in [0, 0.05) is 0 Å². The predicted octanol–water partition coefficient (Wildman–Crippen LogP) is 5.05. The van der Waals surface area contributed by atoms with Crippen molar-refractivity contribution >= 4 is 0 Å². The summed E-state index contributed by atoms with van der Waals surface area (Å²) < 4.78 is 5.59. The summed E-state index contributed by atoms with van der Waals surface area (Å²) in [5, 5.41) is 0. The van der Waals surface area contributed by atoms with Gasteiger partial charge in [-0.2, -0.15) is 0 Å². The van der Waals surface area contributed by atoms with Gasteiger partial charge in [0.25, 0.3) is 0 Å². The van der Waals surface area contributed by atoms with Crippen LogP contribution in [0.25, 0.3) is 11.1 Å². The van der Waals surface area contributed by atoms with E-state index in [2.05, 4.69) is 63.2 Å². The van der Waals surface area contributed by atoms with Crippen LogP contribution in [0.4, 0.5) is 0 Å². The van der Waals surface area contributed by atoms with Crippen molar-refractivity contribution in [2.24, 2.45) is 0 Å². The van der Waals surface area contributed by atoms with E-state index in [-0.39, 0.29) is 5.41 Å². The maximum atomic E-state index is 5.59. The molecular formula is C18H22O. The molecule has 0 bridgehead atoms. The van der Waals surface area contributed by atoms with Crippen LogP contribution in [0.1, 0.15) is 33.3 Å². The summed E-state index contributed by atoms with van der Waals surface area (Å²) in [5.41, 5.74) is 4.01. The lowest BCUT2D eigenvalue weighted by molar-refractivity contribution is 0.340. The Hall–Kier alpha value is -1.76. The highest BCUT2D eigenvalue weighted by Crippen LogP contribution is 2.34. The smallest absolute Gasteiger partial charge is 0.119 e. The molecule has 0 aromatic heterocycles. The third-order valence-electron chi connectivity index (χ3n) is 3.19. The number of rotatable bonds is 3. The second-order valence-electron chi connectivity index (χ2n) is 5.76. The molecule has 0 saturated heterocycles. The van der Waals surface area contributed by atoms with Gasteiger partial charge in [-0.1, -0.05) is 57.2 Å². The van der Waals surface area contributed by atoms with Gasteiger partial charge in [0.05, 0.1) is 6.61 Å². The van der Waals surface area contributed by atoms with Crippen LogP contribution in [0.3, 0.4) is 0 Å². The van der Waals surface area contributed by atoms with Gasteiger partial charge >= 0.3 is 0 Å². The zero-order valence-corrected chi connectivity index (χ0v) is 12.2. The normalized spacial score (nSPS) is 11.4. The third kappa shape index (κ3) is 3.17. The highest BCUT2D eigenvalue weighted by molar-refractivity contribution is 5.69. The van der Waals surface area contributed by atoms with Crippen molar-refractivity contribution < 1.29 is 4.74 Å². The first kappa shape index (κ1) is 13.7. The molecule has 2 aromatic rings. The zero-order valence-electron chi connectivity index (χ0n) is 12.2. The van der Waals surface area contributed by atoms with E-state index < -0.39 is 0 Å². The Bertz CT molecular complexity index is 550. The molecule has 0 N–H and O–H groups in total. The van der Waals surface area contributed by atoms with E-state index in [4.69, 9.17) is 4.74 Å². The van der Waals surface area contributed by atoms with Crippen molar-refractivity contribution in [2.75, 3.05) is 6.61 Å². The van der Waals surface area contributed by atoms with E-state index in [9.17, 15) is 0 Å². The van der Waals surface area contributed by atoms with Gasteiger partial charge in [0.1, 0.15) is 5.75 Å². The third-order valence-corrected chi connectivity index (χ3v) is 3.19. The molecule has 0 heterocycles. The fourth-order valence-corrected chi connectivity index (χ4v) is 2.31. The standard InChI is InChI=1S/C18H22O/c1-5-19-15-10-8-9-14(13-15)16-11-6-7-12-17(16)18(2,3)4/h6-13H,5H2,1-4H3. The number of benzene rings is 2. The lowest BCUT2D eigenvalue weighted by atomic mass is 9.82. The predicted molar refractivity (Wildman–Crippen MR) is 81.7 cm³/mol. The maximum absolute atomic E-state index is 5.59. The molecule has 0 fully saturated rings. The van der Waals surface area contributed by atoms with Gasteiger partial charge in [0.15, 0.2) is 0 Å². The van der Waals surface area contributed by atoms with Gasteiger partial charge in [0.2, 0.25) is 0 Å². The molecule has 0 atom stereocenters. The zero-order chi connectivity index (χ0) is 13.9. The van der Waals surface area contributed by atoms with Crippen LogP contribution in [0.15, 0.2) is 48.5 Å². The van der Waals surface area contributed by atoms with Gasteiger partial charge < -0.3 is 4.74 Å². The van der Waals surface area contributed by atoms with Crippen LogP contribution in [-0.4, -0.2) is 6.61 Å². The molecule has 0 aliphatic heterocycles. The summed E-state index contributed by atoms with van der Waals surface area (Å²) in [7, 11) is 0. The topological polar surface area (TPSA) is 9.23 Å². The van der Waals surface area contributed by atoms with Crippen molar-refractivity contribution in [3.63, 3.8) is 0 Å². The lowest BCUT2D eigenvalue weighted by Gasteiger charge is -2.23. The molecule has 0 radical (unpaired) electrons. The molecule has 1 heteroatoms. The first-order chi connectivity index (χ1) is 9.02. The molecule has 0 saturated carbocycles. The number of ether oxygens (including phenoxy) is 1. The van der Waals surface area contributed by atoms with Gasteiger partial charge in [-0.15, -0.1) is 0 Å². The van der Waals surface area contributed by atoms with Crippen molar-refractivity contribution in [3.05, 3.63) is 54.1 Å². The van der Waals surface area contributed by atoms with Crippen LogP contribution < -0.4 is 4.74 Å². The first-order valence-electron chi connectivity index (χ1n) is 6.85. The molecule has 2 rings (SSSR count).